The number of fused-ring (bicyclic) bond motifs is 1. The van der Waals surface area contributed by atoms with E-state index in [1.807, 2.05) is 0 Å². The number of nitrogens with one attached hydrogen (secondary N) is 1. The maximum Gasteiger partial charge on any atom is 0.340 e. The zero-order valence-electron chi connectivity index (χ0n) is 20.0. The summed E-state index contributed by atoms with van der Waals surface area (Å²) in [5.74, 6) is -1.35. The highest BCUT2D eigenvalue weighted by molar-refractivity contribution is 6.32. The quantitative estimate of drug-likeness (QED) is 0.275. The van der Waals surface area contributed by atoms with Gasteiger partial charge >= 0.3 is 5.97 Å². The summed E-state index contributed by atoms with van der Waals surface area (Å²) in [4.78, 5) is 55.8. The molecule has 0 atom stereocenters. The van der Waals surface area contributed by atoms with Crippen LogP contribution in [0.5, 0.6) is 5.75 Å². The second-order valence-electron chi connectivity index (χ2n) is 7.88. The number of para-hydroxylation sites is 1. The van der Waals surface area contributed by atoms with Crippen molar-refractivity contribution in [2.75, 3.05) is 19.0 Å². The summed E-state index contributed by atoms with van der Waals surface area (Å²) < 4.78 is 11.8. The molecule has 0 aliphatic carbocycles. The van der Waals surface area contributed by atoms with Crippen LogP contribution in [0.1, 0.15) is 33.2 Å². The number of ketones is 1. The van der Waals surface area contributed by atoms with Gasteiger partial charge in [-0.3, -0.25) is 19.4 Å². The normalized spacial score (nSPS) is 10.7. The Hall–Kier alpha value is -4.50. The van der Waals surface area contributed by atoms with Crippen LogP contribution in [0.4, 0.5) is 5.69 Å². The van der Waals surface area contributed by atoms with Crippen LogP contribution in [0.3, 0.4) is 0 Å². The molecule has 0 radical (unpaired) electrons. The number of benzene rings is 2. The number of methoxy groups -OCH3 is 1. The molecule has 0 aliphatic rings. The molecule has 37 heavy (non-hydrogen) atoms. The highest BCUT2D eigenvalue weighted by Gasteiger charge is 2.21. The van der Waals surface area contributed by atoms with Gasteiger partial charge in [-0.2, -0.15) is 0 Å². The summed E-state index contributed by atoms with van der Waals surface area (Å²) in [6.45, 7) is 1.59. The van der Waals surface area contributed by atoms with Crippen LogP contribution in [0, 0.1) is 0 Å². The smallest absolute Gasteiger partial charge is 0.340 e. The summed E-state index contributed by atoms with van der Waals surface area (Å²) in [7, 11) is 1.41. The van der Waals surface area contributed by atoms with E-state index in [2.05, 4.69) is 10.3 Å². The number of esters is 1. The molecule has 9 nitrogen and oxygen atoms in total. The van der Waals surface area contributed by atoms with Gasteiger partial charge in [-0.15, -0.1) is 0 Å². The van der Waals surface area contributed by atoms with Gasteiger partial charge in [-0.25, -0.2) is 4.79 Å². The Kier molecular flexibility index (Phi) is 7.64. The first-order chi connectivity index (χ1) is 17.8. The minimum atomic E-state index is -0.573. The third kappa shape index (κ3) is 5.36. The van der Waals surface area contributed by atoms with Crippen molar-refractivity contribution in [2.24, 2.45) is 0 Å². The van der Waals surface area contributed by atoms with Crippen molar-refractivity contribution in [1.29, 1.82) is 0 Å². The molecule has 0 aliphatic heterocycles. The van der Waals surface area contributed by atoms with Crippen LogP contribution < -0.4 is 15.5 Å². The lowest BCUT2D eigenvalue weighted by atomic mass is 10.0. The number of halogens is 1. The van der Waals surface area contributed by atoms with Crippen molar-refractivity contribution in [3.63, 3.8) is 0 Å². The second-order valence-corrected chi connectivity index (χ2v) is 8.29. The first kappa shape index (κ1) is 25.6. The number of aromatic nitrogens is 2. The van der Waals surface area contributed by atoms with E-state index in [4.69, 9.17) is 21.1 Å². The highest BCUT2D eigenvalue weighted by Crippen LogP contribution is 2.29. The van der Waals surface area contributed by atoms with Gasteiger partial charge in [0.25, 0.3) is 0 Å². The van der Waals surface area contributed by atoms with E-state index in [0.29, 0.717) is 5.52 Å². The lowest BCUT2D eigenvalue weighted by molar-refractivity contribution is -0.116. The minimum absolute atomic E-state index is 0.136. The molecule has 10 heteroatoms. The van der Waals surface area contributed by atoms with Crippen molar-refractivity contribution in [3.05, 3.63) is 99.1 Å². The predicted octanol–water partition coefficient (Wildman–Crippen LogP) is 4.10. The van der Waals surface area contributed by atoms with Gasteiger partial charge in [-0.1, -0.05) is 23.7 Å². The van der Waals surface area contributed by atoms with E-state index in [1.54, 1.807) is 31.2 Å². The molecule has 0 bridgehead atoms. The molecule has 1 N–H and O–H groups in total. The summed E-state index contributed by atoms with van der Waals surface area (Å²) in [6.07, 6.45) is 4.22. The lowest BCUT2D eigenvalue weighted by Gasteiger charge is -2.16. The van der Waals surface area contributed by atoms with Crippen molar-refractivity contribution in [2.45, 2.75) is 13.5 Å². The fourth-order valence-electron chi connectivity index (χ4n) is 3.82. The standard InChI is InChI=1S/C27H22ClN3O6/c1-3-37-27(35)17-6-4-5-7-21(17)30-24(32)15-31-14-19(25(33)16-8-10-29-11-9-16)26(34)18-12-23(36-2)20(28)13-22(18)31/h4-14H,3,15H2,1-2H3,(H,30,32). The van der Waals surface area contributed by atoms with E-state index in [0.717, 1.165) is 0 Å². The number of carbonyl (C=O) groups is 3. The van der Waals surface area contributed by atoms with Crippen LogP contribution in [0.2, 0.25) is 5.02 Å². The topological polar surface area (TPSA) is 117 Å². The predicted molar refractivity (Wildman–Crippen MR) is 138 cm³/mol. The largest absolute Gasteiger partial charge is 0.495 e. The van der Waals surface area contributed by atoms with E-state index in [-0.39, 0.29) is 51.7 Å². The molecule has 4 aromatic rings. The zero-order valence-corrected chi connectivity index (χ0v) is 20.7. The number of nitrogens with zero attached hydrogens (tertiary/aromatic N) is 2. The lowest BCUT2D eigenvalue weighted by Crippen LogP contribution is -2.25. The Morgan fingerprint density at radius 2 is 1.78 bits per heavy atom. The number of rotatable bonds is 8. The van der Waals surface area contributed by atoms with Crippen molar-refractivity contribution < 1.29 is 23.9 Å². The first-order valence-electron chi connectivity index (χ1n) is 11.3. The maximum absolute atomic E-state index is 13.3. The maximum atomic E-state index is 13.3. The number of pyridine rings is 2. The minimum Gasteiger partial charge on any atom is -0.495 e. The number of ether oxygens (including phenoxy) is 2. The van der Waals surface area contributed by atoms with Crippen molar-refractivity contribution in [1.82, 2.24) is 9.55 Å². The first-order valence-corrected chi connectivity index (χ1v) is 11.6. The van der Waals surface area contributed by atoms with Gasteiger partial charge < -0.3 is 19.4 Å². The van der Waals surface area contributed by atoms with Crippen molar-refractivity contribution in [3.8, 4) is 5.75 Å². The Labute approximate surface area is 216 Å². The number of hydrogen-bond acceptors (Lipinski definition) is 7. The third-order valence-electron chi connectivity index (χ3n) is 5.55. The van der Waals surface area contributed by atoms with Gasteiger partial charge in [0.2, 0.25) is 11.3 Å². The molecule has 4 rings (SSSR count). The van der Waals surface area contributed by atoms with Gasteiger partial charge in [0.05, 0.1) is 46.5 Å². The second kappa shape index (κ2) is 11.0. The Morgan fingerprint density at radius 1 is 1.05 bits per heavy atom. The molecule has 0 saturated heterocycles. The van der Waals surface area contributed by atoms with Crippen LogP contribution in [-0.2, 0) is 16.1 Å². The van der Waals surface area contributed by atoms with E-state index >= 15 is 0 Å². The molecule has 0 saturated carbocycles. The number of hydrogen-bond donors (Lipinski definition) is 1. The average molecular weight is 520 g/mol. The average Bonchev–Trinajstić information content (AvgIpc) is 2.90. The monoisotopic (exact) mass is 519 g/mol. The Bertz CT molecular complexity index is 1570. The summed E-state index contributed by atoms with van der Waals surface area (Å²) >= 11 is 6.31. The summed E-state index contributed by atoms with van der Waals surface area (Å²) in [6, 6.07) is 12.4. The molecule has 2 aromatic heterocycles. The van der Waals surface area contributed by atoms with Gasteiger partial charge in [-0.05, 0) is 43.3 Å². The SMILES string of the molecule is CCOC(=O)c1ccccc1NC(=O)Cn1cc(C(=O)c2ccncc2)c(=O)c2cc(OC)c(Cl)cc21. The highest BCUT2D eigenvalue weighted by atomic mass is 35.5. The molecule has 2 heterocycles. The molecule has 0 fully saturated rings. The fourth-order valence-corrected chi connectivity index (χ4v) is 4.06. The van der Waals surface area contributed by atoms with Gasteiger partial charge in [0, 0.05) is 24.2 Å². The van der Waals surface area contributed by atoms with Crippen molar-refractivity contribution >= 4 is 45.9 Å². The molecule has 188 valence electrons. The van der Waals surface area contributed by atoms with Crippen LogP contribution in [0.25, 0.3) is 10.9 Å². The molecular weight excluding hydrogens is 498 g/mol. The number of amides is 1. The molecule has 1 amide bonds. The van der Waals surface area contributed by atoms with Crippen LogP contribution in [0.15, 0.2) is 71.9 Å². The molecular formula is C27H22ClN3O6. The van der Waals surface area contributed by atoms with Crippen LogP contribution in [-0.4, -0.2) is 40.9 Å². The third-order valence-corrected chi connectivity index (χ3v) is 5.85. The van der Waals surface area contributed by atoms with E-state index in [9.17, 15) is 19.2 Å². The summed E-state index contributed by atoms with van der Waals surface area (Å²) in [5, 5.41) is 3.09. The Balaban J connectivity index is 1.78. The molecule has 0 unspecified atom stereocenters. The van der Waals surface area contributed by atoms with E-state index in [1.165, 1.54) is 54.5 Å². The van der Waals surface area contributed by atoms with Gasteiger partial charge in [0.15, 0.2) is 5.78 Å². The molecule has 2 aromatic carbocycles. The number of anilines is 1. The fraction of sp³-hybridized carbons (Fsp3) is 0.148. The number of carbonyl (C=O) groups excluding carboxylic acids is 3. The summed E-state index contributed by atoms with van der Waals surface area (Å²) in [5.41, 5.74) is 0.398. The van der Waals surface area contributed by atoms with Gasteiger partial charge in [0.1, 0.15) is 12.3 Å². The van der Waals surface area contributed by atoms with Crippen LogP contribution >= 0.6 is 11.6 Å². The molecule has 0 spiro atoms. The Morgan fingerprint density at radius 3 is 2.49 bits per heavy atom. The van der Waals surface area contributed by atoms with E-state index < -0.39 is 23.1 Å². The zero-order chi connectivity index (χ0) is 26.5.